The van der Waals surface area contributed by atoms with E-state index >= 15 is 0 Å². The van der Waals surface area contributed by atoms with Gasteiger partial charge in [0, 0.05) is 6.08 Å². The van der Waals surface area contributed by atoms with Gasteiger partial charge in [0.25, 0.3) is 0 Å². The molecule has 0 unspecified atom stereocenters. The van der Waals surface area contributed by atoms with Crippen molar-refractivity contribution in [3.63, 3.8) is 0 Å². The van der Waals surface area contributed by atoms with Gasteiger partial charge in [-0.1, -0.05) is 54.1 Å². The Hall–Kier alpha value is -2.23. The lowest BCUT2D eigenvalue weighted by atomic mass is 10.2. The van der Waals surface area contributed by atoms with Crippen LogP contribution < -0.4 is 4.74 Å². The van der Waals surface area contributed by atoms with Crippen molar-refractivity contribution in [2.45, 2.75) is 6.61 Å². The first kappa shape index (κ1) is 18.1. The number of carbonyl (C=O) groups is 1. The Morgan fingerprint density at radius 1 is 1.12 bits per heavy atom. The molecule has 2 aromatic rings. The number of hydrogen-bond donors (Lipinski definition) is 0. The van der Waals surface area contributed by atoms with E-state index in [1.807, 2.05) is 30.3 Å². The largest absolute Gasteiger partial charge is 0.489 e. The number of hydrogen-bond acceptors (Lipinski definition) is 3. The van der Waals surface area contributed by atoms with Crippen LogP contribution in [0.25, 0.3) is 6.08 Å². The number of rotatable bonds is 7. The van der Waals surface area contributed by atoms with Crippen LogP contribution in [0, 0.1) is 0 Å². The zero-order valence-corrected chi connectivity index (χ0v) is 14.4. The van der Waals surface area contributed by atoms with Crippen molar-refractivity contribution < 1.29 is 14.3 Å². The van der Waals surface area contributed by atoms with Crippen LogP contribution in [0.15, 0.2) is 61.2 Å². The third-order valence-electron chi connectivity index (χ3n) is 3.00. The zero-order valence-electron chi connectivity index (χ0n) is 12.9. The predicted octanol–water partition coefficient (Wildman–Crippen LogP) is 5.31. The number of halogens is 2. The molecule has 0 atom stereocenters. The lowest BCUT2D eigenvalue weighted by Crippen LogP contribution is -1.99. The van der Waals surface area contributed by atoms with Crippen molar-refractivity contribution in [2.75, 3.05) is 6.61 Å². The van der Waals surface area contributed by atoms with Crippen molar-refractivity contribution in [3.05, 3.63) is 82.4 Å². The van der Waals surface area contributed by atoms with Gasteiger partial charge in [0.05, 0.1) is 10.0 Å². The molecule has 0 heterocycles. The van der Waals surface area contributed by atoms with E-state index in [9.17, 15) is 4.79 Å². The number of benzene rings is 2. The smallest absolute Gasteiger partial charge is 0.331 e. The third kappa shape index (κ3) is 5.76. The zero-order chi connectivity index (χ0) is 17.4. The molecule has 0 aliphatic carbocycles. The van der Waals surface area contributed by atoms with E-state index in [0.717, 1.165) is 11.1 Å². The molecule has 2 aromatic carbocycles. The molecule has 0 fully saturated rings. The van der Waals surface area contributed by atoms with E-state index in [0.29, 0.717) is 22.4 Å². The Morgan fingerprint density at radius 2 is 1.96 bits per heavy atom. The van der Waals surface area contributed by atoms with Gasteiger partial charge in [-0.2, -0.15) is 0 Å². The standard InChI is InChI=1S/C19H16Cl2O3/c1-2-10-23-19(22)9-7-14-4-3-5-16(11-14)24-13-15-6-8-17(20)18(21)12-15/h2-9,11-12H,1,10,13H2/b9-7+. The highest BCUT2D eigenvalue weighted by Gasteiger charge is 2.02. The fourth-order valence-corrected chi connectivity index (χ4v) is 2.18. The molecule has 0 N–H and O–H groups in total. The molecule has 0 spiro atoms. The first-order chi connectivity index (χ1) is 11.6. The SMILES string of the molecule is C=CCOC(=O)/C=C/c1cccc(OCc2ccc(Cl)c(Cl)c2)c1. The number of esters is 1. The summed E-state index contributed by atoms with van der Waals surface area (Å²) in [5.74, 6) is 0.264. The molecular weight excluding hydrogens is 347 g/mol. The van der Waals surface area contributed by atoms with Gasteiger partial charge >= 0.3 is 5.97 Å². The molecule has 0 bridgehead atoms. The summed E-state index contributed by atoms with van der Waals surface area (Å²) >= 11 is 11.9. The highest BCUT2D eigenvalue weighted by atomic mass is 35.5. The molecule has 24 heavy (non-hydrogen) atoms. The average Bonchev–Trinajstić information content (AvgIpc) is 2.59. The molecule has 0 aliphatic heterocycles. The molecule has 0 amide bonds. The summed E-state index contributed by atoms with van der Waals surface area (Å²) in [6, 6.07) is 12.7. The van der Waals surface area contributed by atoms with E-state index in [2.05, 4.69) is 6.58 Å². The highest BCUT2D eigenvalue weighted by Crippen LogP contribution is 2.23. The Labute approximate surface area is 151 Å². The molecule has 0 saturated heterocycles. The molecule has 5 heteroatoms. The summed E-state index contributed by atoms with van der Waals surface area (Å²) in [5.41, 5.74) is 1.75. The van der Waals surface area contributed by atoms with Gasteiger partial charge in [-0.25, -0.2) is 4.79 Å². The van der Waals surface area contributed by atoms with Crippen molar-refractivity contribution in [3.8, 4) is 5.75 Å². The van der Waals surface area contributed by atoms with E-state index in [1.165, 1.54) is 12.2 Å². The summed E-state index contributed by atoms with van der Waals surface area (Å²) < 4.78 is 10.6. The fraction of sp³-hybridized carbons (Fsp3) is 0.105. The van der Waals surface area contributed by atoms with Crippen molar-refractivity contribution >= 4 is 35.2 Å². The van der Waals surface area contributed by atoms with Gasteiger partial charge in [0.1, 0.15) is 19.0 Å². The molecular formula is C19H16Cl2O3. The molecule has 0 saturated carbocycles. The topological polar surface area (TPSA) is 35.5 Å². The fourth-order valence-electron chi connectivity index (χ4n) is 1.86. The minimum absolute atomic E-state index is 0.190. The predicted molar refractivity (Wildman–Crippen MR) is 97.4 cm³/mol. The first-order valence-corrected chi connectivity index (χ1v) is 7.96. The van der Waals surface area contributed by atoms with Gasteiger partial charge in [-0.05, 0) is 41.5 Å². The lowest BCUT2D eigenvalue weighted by Gasteiger charge is -2.08. The molecule has 124 valence electrons. The summed E-state index contributed by atoms with van der Waals surface area (Å²) in [5, 5.41) is 1.00. The molecule has 0 aliphatic rings. The van der Waals surface area contributed by atoms with Crippen LogP contribution in [0.1, 0.15) is 11.1 Å². The summed E-state index contributed by atoms with van der Waals surface area (Å²) in [7, 11) is 0. The second-order valence-electron chi connectivity index (χ2n) is 4.86. The Morgan fingerprint density at radius 3 is 2.71 bits per heavy atom. The Bertz CT molecular complexity index is 754. The second kappa shape index (κ2) is 9.16. The van der Waals surface area contributed by atoms with Crippen LogP contribution in [0.3, 0.4) is 0 Å². The Balaban J connectivity index is 1.97. The first-order valence-electron chi connectivity index (χ1n) is 7.21. The molecule has 0 radical (unpaired) electrons. The average molecular weight is 363 g/mol. The summed E-state index contributed by atoms with van der Waals surface area (Å²) in [4.78, 5) is 11.4. The molecule has 3 nitrogen and oxygen atoms in total. The van der Waals surface area contributed by atoms with Gasteiger partial charge in [0.2, 0.25) is 0 Å². The van der Waals surface area contributed by atoms with Crippen molar-refractivity contribution in [1.82, 2.24) is 0 Å². The molecule has 0 aromatic heterocycles. The van der Waals surface area contributed by atoms with E-state index in [-0.39, 0.29) is 6.61 Å². The van der Waals surface area contributed by atoms with Gasteiger partial charge in [-0.3, -0.25) is 0 Å². The van der Waals surface area contributed by atoms with Crippen molar-refractivity contribution in [2.24, 2.45) is 0 Å². The van der Waals surface area contributed by atoms with E-state index in [4.69, 9.17) is 32.7 Å². The van der Waals surface area contributed by atoms with E-state index < -0.39 is 5.97 Å². The molecule has 2 rings (SSSR count). The van der Waals surface area contributed by atoms with Crippen LogP contribution in [-0.2, 0) is 16.1 Å². The monoisotopic (exact) mass is 362 g/mol. The maximum Gasteiger partial charge on any atom is 0.331 e. The van der Waals surface area contributed by atoms with Crippen molar-refractivity contribution in [1.29, 1.82) is 0 Å². The minimum atomic E-state index is -0.419. The minimum Gasteiger partial charge on any atom is -0.489 e. The van der Waals surface area contributed by atoms with Gasteiger partial charge in [0.15, 0.2) is 0 Å². The van der Waals surface area contributed by atoms with Crippen LogP contribution in [0.2, 0.25) is 10.0 Å². The maximum absolute atomic E-state index is 11.4. The Kier molecular flexibility index (Phi) is 6.91. The highest BCUT2D eigenvalue weighted by molar-refractivity contribution is 6.42. The van der Waals surface area contributed by atoms with Crippen LogP contribution in [0.5, 0.6) is 5.75 Å². The normalized spacial score (nSPS) is 10.6. The number of carbonyl (C=O) groups excluding carboxylic acids is 1. The van der Waals surface area contributed by atoms with Gasteiger partial charge < -0.3 is 9.47 Å². The lowest BCUT2D eigenvalue weighted by molar-refractivity contribution is -0.136. The quantitative estimate of drug-likeness (QED) is 0.380. The van der Waals surface area contributed by atoms with Crippen LogP contribution in [0.4, 0.5) is 0 Å². The van der Waals surface area contributed by atoms with Gasteiger partial charge in [-0.15, -0.1) is 0 Å². The third-order valence-corrected chi connectivity index (χ3v) is 3.74. The summed E-state index contributed by atoms with van der Waals surface area (Å²) in [6.45, 7) is 4.04. The second-order valence-corrected chi connectivity index (χ2v) is 5.68. The van der Waals surface area contributed by atoms with E-state index in [1.54, 1.807) is 18.2 Å². The maximum atomic E-state index is 11.4. The summed E-state index contributed by atoms with van der Waals surface area (Å²) in [6.07, 6.45) is 4.54. The van der Waals surface area contributed by atoms with Crippen LogP contribution >= 0.6 is 23.2 Å². The number of ether oxygens (including phenoxy) is 2. The van der Waals surface area contributed by atoms with Crippen LogP contribution in [-0.4, -0.2) is 12.6 Å².